The molecule has 1 N–H and O–H groups in total. The molecule has 0 atom stereocenters. The Kier molecular flexibility index (Phi) is 7.24. The summed E-state index contributed by atoms with van der Waals surface area (Å²) in [6, 6.07) is 14.3. The molecule has 0 amide bonds. The number of nitrogens with zero attached hydrogens (tertiary/aromatic N) is 3. The SMILES string of the molecule is CC(C)c1ccc(C=Cc2nc(NCCCN(C)C)c3cc(Cl)ccc3n2)cc1. The van der Waals surface area contributed by atoms with Crippen LogP contribution in [0.1, 0.15) is 43.1 Å². The third-order valence-corrected chi connectivity index (χ3v) is 5.01. The van der Waals surface area contributed by atoms with Crippen LogP contribution in [0.15, 0.2) is 42.5 Å². The lowest BCUT2D eigenvalue weighted by Gasteiger charge is -2.12. The van der Waals surface area contributed by atoms with Gasteiger partial charge in [-0.3, -0.25) is 0 Å². The van der Waals surface area contributed by atoms with Crippen LogP contribution in [0.25, 0.3) is 23.1 Å². The van der Waals surface area contributed by atoms with Crippen LogP contribution in [0.2, 0.25) is 5.02 Å². The smallest absolute Gasteiger partial charge is 0.154 e. The molecule has 0 radical (unpaired) electrons. The normalized spacial score (nSPS) is 11.8. The highest BCUT2D eigenvalue weighted by Crippen LogP contribution is 2.25. The van der Waals surface area contributed by atoms with E-state index in [1.807, 2.05) is 24.3 Å². The standard InChI is InChI=1S/C24H29ClN4/c1-17(2)19-9-6-18(7-10-19)8-13-23-27-22-12-11-20(25)16-21(22)24(28-23)26-14-5-15-29(3)4/h6-13,16-17H,5,14-15H2,1-4H3,(H,26,27,28). The Morgan fingerprint density at radius 2 is 1.79 bits per heavy atom. The molecule has 0 spiro atoms. The molecule has 29 heavy (non-hydrogen) atoms. The number of hydrogen-bond donors (Lipinski definition) is 1. The Balaban J connectivity index is 1.84. The van der Waals surface area contributed by atoms with E-state index < -0.39 is 0 Å². The molecule has 3 aromatic rings. The average Bonchev–Trinajstić information content (AvgIpc) is 2.70. The summed E-state index contributed by atoms with van der Waals surface area (Å²) in [4.78, 5) is 11.6. The third-order valence-electron chi connectivity index (χ3n) is 4.78. The summed E-state index contributed by atoms with van der Waals surface area (Å²) in [7, 11) is 4.16. The second-order valence-electron chi connectivity index (χ2n) is 7.83. The molecule has 0 aliphatic carbocycles. The van der Waals surface area contributed by atoms with Crippen LogP contribution in [-0.4, -0.2) is 42.1 Å². The van der Waals surface area contributed by atoms with E-state index in [4.69, 9.17) is 16.6 Å². The summed E-state index contributed by atoms with van der Waals surface area (Å²) in [5.74, 6) is 2.04. The Morgan fingerprint density at radius 1 is 1.03 bits per heavy atom. The fourth-order valence-corrected chi connectivity index (χ4v) is 3.26. The topological polar surface area (TPSA) is 41.1 Å². The summed E-state index contributed by atoms with van der Waals surface area (Å²) in [6.45, 7) is 6.27. The summed E-state index contributed by atoms with van der Waals surface area (Å²) in [5, 5.41) is 5.09. The first-order valence-corrected chi connectivity index (χ1v) is 10.4. The summed E-state index contributed by atoms with van der Waals surface area (Å²) in [5.41, 5.74) is 3.36. The quantitative estimate of drug-likeness (QED) is 0.468. The first-order valence-electron chi connectivity index (χ1n) is 10.1. The second-order valence-corrected chi connectivity index (χ2v) is 8.27. The van der Waals surface area contributed by atoms with Gasteiger partial charge in [-0.25, -0.2) is 9.97 Å². The first kappa shape index (κ1) is 21.3. The molecule has 0 fully saturated rings. The predicted octanol–water partition coefficient (Wildman–Crippen LogP) is 5.94. The van der Waals surface area contributed by atoms with E-state index in [0.29, 0.717) is 16.8 Å². The first-order chi connectivity index (χ1) is 13.9. The Morgan fingerprint density at radius 3 is 2.48 bits per heavy atom. The largest absolute Gasteiger partial charge is 0.369 e. The van der Waals surface area contributed by atoms with E-state index >= 15 is 0 Å². The van der Waals surface area contributed by atoms with Crippen LogP contribution in [0.5, 0.6) is 0 Å². The summed E-state index contributed by atoms with van der Waals surface area (Å²) in [6.07, 6.45) is 5.05. The number of rotatable bonds is 8. The van der Waals surface area contributed by atoms with Crippen molar-refractivity contribution in [1.29, 1.82) is 0 Å². The van der Waals surface area contributed by atoms with Gasteiger partial charge in [0.15, 0.2) is 5.82 Å². The third kappa shape index (κ3) is 6.02. The highest BCUT2D eigenvalue weighted by Gasteiger charge is 2.07. The van der Waals surface area contributed by atoms with Gasteiger partial charge in [-0.15, -0.1) is 0 Å². The minimum atomic E-state index is 0.532. The lowest BCUT2D eigenvalue weighted by molar-refractivity contribution is 0.405. The van der Waals surface area contributed by atoms with Crippen LogP contribution in [0.3, 0.4) is 0 Å². The van der Waals surface area contributed by atoms with Gasteiger partial charge in [-0.1, -0.05) is 55.8 Å². The lowest BCUT2D eigenvalue weighted by Crippen LogP contribution is -2.17. The molecule has 1 heterocycles. The molecule has 1 aromatic heterocycles. The van der Waals surface area contributed by atoms with Gasteiger partial charge >= 0.3 is 0 Å². The van der Waals surface area contributed by atoms with Crippen LogP contribution < -0.4 is 5.32 Å². The Hall–Kier alpha value is -2.43. The van der Waals surface area contributed by atoms with Gasteiger partial charge in [0.2, 0.25) is 0 Å². The van der Waals surface area contributed by atoms with Gasteiger partial charge in [0.25, 0.3) is 0 Å². The van der Waals surface area contributed by atoms with Crippen LogP contribution in [0.4, 0.5) is 5.82 Å². The molecule has 0 saturated heterocycles. The molecule has 0 unspecified atom stereocenters. The minimum Gasteiger partial charge on any atom is -0.369 e. The van der Waals surface area contributed by atoms with Crippen molar-refractivity contribution in [2.24, 2.45) is 0 Å². The Labute approximate surface area is 178 Å². The lowest BCUT2D eigenvalue weighted by atomic mass is 10.0. The average molecular weight is 409 g/mol. The zero-order valence-corrected chi connectivity index (χ0v) is 18.4. The van der Waals surface area contributed by atoms with Crippen LogP contribution in [-0.2, 0) is 0 Å². The fraction of sp³-hybridized carbons (Fsp3) is 0.333. The van der Waals surface area contributed by atoms with E-state index in [-0.39, 0.29) is 0 Å². The summed E-state index contributed by atoms with van der Waals surface area (Å²) >= 11 is 6.21. The molecule has 152 valence electrons. The van der Waals surface area contributed by atoms with Crippen molar-refractivity contribution < 1.29 is 0 Å². The molecule has 3 rings (SSSR count). The minimum absolute atomic E-state index is 0.532. The number of anilines is 1. The van der Waals surface area contributed by atoms with Gasteiger partial charge < -0.3 is 10.2 Å². The number of aromatic nitrogens is 2. The van der Waals surface area contributed by atoms with E-state index in [2.05, 4.69) is 73.5 Å². The maximum Gasteiger partial charge on any atom is 0.154 e. The zero-order valence-electron chi connectivity index (χ0n) is 17.6. The molecule has 5 heteroatoms. The van der Waals surface area contributed by atoms with Crippen molar-refractivity contribution in [2.45, 2.75) is 26.2 Å². The molecule has 0 saturated carbocycles. The van der Waals surface area contributed by atoms with E-state index in [0.717, 1.165) is 41.8 Å². The van der Waals surface area contributed by atoms with Crippen molar-refractivity contribution in [3.8, 4) is 0 Å². The van der Waals surface area contributed by atoms with Gasteiger partial charge in [-0.05, 0) is 68.4 Å². The zero-order chi connectivity index (χ0) is 20.8. The van der Waals surface area contributed by atoms with Gasteiger partial charge in [0.05, 0.1) is 5.52 Å². The fourth-order valence-electron chi connectivity index (χ4n) is 3.09. The molecule has 4 nitrogen and oxygen atoms in total. The Bertz CT molecular complexity index is 978. The van der Waals surface area contributed by atoms with E-state index in [1.54, 1.807) is 0 Å². The van der Waals surface area contributed by atoms with E-state index in [1.165, 1.54) is 5.56 Å². The van der Waals surface area contributed by atoms with Crippen molar-refractivity contribution in [1.82, 2.24) is 14.9 Å². The van der Waals surface area contributed by atoms with E-state index in [9.17, 15) is 0 Å². The van der Waals surface area contributed by atoms with Gasteiger partial charge in [0.1, 0.15) is 5.82 Å². The summed E-state index contributed by atoms with van der Waals surface area (Å²) < 4.78 is 0. The van der Waals surface area contributed by atoms with Crippen molar-refractivity contribution in [3.63, 3.8) is 0 Å². The second kappa shape index (κ2) is 9.86. The number of halogens is 1. The maximum atomic E-state index is 6.21. The van der Waals surface area contributed by atoms with Gasteiger partial charge in [-0.2, -0.15) is 0 Å². The number of hydrogen-bond acceptors (Lipinski definition) is 4. The molecule has 0 aliphatic heterocycles. The number of benzene rings is 2. The maximum absolute atomic E-state index is 6.21. The van der Waals surface area contributed by atoms with Crippen molar-refractivity contribution >= 4 is 40.5 Å². The highest BCUT2D eigenvalue weighted by molar-refractivity contribution is 6.31. The molecule has 2 aromatic carbocycles. The van der Waals surface area contributed by atoms with Crippen LogP contribution in [0, 0.1) is 0 Å². The molecular weight excluding hydrogens is 380 g/mol. The predicted molar refractivity (Wildman–Crippen MR) is 126 cm³/mol. The molecule has 0 aliphatic rings. The van der Waals surface area contributed by atoms with Crippen molar-refractivity contribution in [2.75, 3.05) is 32.5 Å². The molecular formula is C24H29ClN4. The monoisotopic (exact) mass is 408 g/mol. The number of fused-ring (bicyclic) bond motifs is 1. The number of nitrogens with one attached hydrogen (secondary N) is 1. The molecule has 0 bridgehead atoms. The highest BCUT2D eigenvalue weighted by atomic mass is 35.5. The van der Waals surface area contributed by atoms with Gasteiger partial charge in [0, 0.05) is 17.0 Å². The van der Waals surface area contributed by atoms with Crippen molar-refractivity contribution in [3.05, 3.63) is 64.4 Å². The van der Waals surface area contributed by atoms with Crippen LogP contribution >= 0.6 is 11.6 Å².